The van der Waals surface area contributed by atoms with Crippen molar-refractivity contribution >= 4 is 15.7 Å². The van der Waals surface area contributed by atoms with Crippen LogP contribution in [0.15, 0.2) is 29.2 Å². The summed E-state index contributed by atoms with van der Waals surface area (Å²) in [7, 11) is -3.63. The third-order valence-corrected chi connectivity index (χ3v) is 3.96. The first-order valence-corrected chi connectivity index (χ1v) is 7.15. The van der Waals surface area contributed by atoms with Crippen molar-refractivity contribution in [1.29, 1.82) is 0 Å². The number of primary sulfonamides is 1. The minimum Gasteiger partial charge on any atom is -0.371 e. The van der Waals surface area contributed by atoms with Gasteiger partial charge in [-0.3, -0.25) is 0 Å². The smallest absolute Gasteiger partial charge is 0.238 e. The van der Waals surface area contributed by atoms with Crippen molar-refractivity contribution in [2.75, 3.05) is 18.0 Å². The first-order chi connectivity index (χ1) is 7.97. The van der Waals surface area contributed by atoms with Gasteiger partial charge in [-0.25, -0.2) is 13.6 Å². The molecule has 1 aliphatic heterocycles. The number of benzene rings is 1. The molecule has 0 unspecified atom stereocenters. The number of nitrogens with zero attached hydrogens (tertiary/aromatic N) is 1. The molecule has 1 aromatic rings. The Labute approximate surface area is 101 Å². The second-order valence-electron chi connectivity index (χ2n) is 4.37. The Bertz CT molecular complexity index is 493. The molecule has 0 bridgehead atoms. The molecule has 1 saturated heterocycles. The van der Waals surface area contributed by atoms with Gasteiger partial charge >= 0.3 is 0 Å². The lowest BCUT2D eigenvalue weighted by atomic mass is 10.1. The van der Waals surface area contributed by atoms with Gasteiger partial charge in [0, 0.05) is 24.8 Å². The molecule has 0 aliphatic carbocycles. The highest BCUT2D eigenvalue weighted by Crippen LogP contribution is 2.21. The highest BCUT2D eigenvalue weighted by Gasteiger charge is 2.17. The number of piperidine rings is 1. The molecule has 1 heterocycles. The molecule has 4 N–H and O–H groups in total. The Morgan fingerprint density at radius 3 is 2.47 bits per heavy atom. The third kappa shape index (κ3) is 2.96. The maximum Gasteiger partial charge on any atom is 0.238 e. The molecule has 1 fully saturated rings. The first-order valence-electron chi connectivity index (χ1n) is 5.60. The average Bonchev–Trinajstić information content (AvgIpc) is 2.29. The van der Waals surface area contributed by atoms with Gasteiger partial charge in [0.25, 0.3) is 0 Å². The fourth-order valence-corrected chi connectivity index (χ4v) is 2.57. The van der Waals surface area contributed by atoms with Crippen LogP contribution in [0.1, 0.15) is 12.8 Å². The summed E-state index contributed by atoms with van der Waals surface area (Å²) < 4.78 is 22.5. The summed E-state index contributed by atoms with van der Waals surface area (Å²) in [6.07, 6.45) is 1.86. The van der Waals surface area contributed by atoms with E-state index >= 15 is 0 Å². The van der Waals surface area contributed by atoms with Crippen molar-refractivity contribution in [3.05, 3.63) is 24.3 Å². The van der Waals surface area contributed by atoms with Crippen LogP contribution in [-0.2, 0) is 10.0 Å². The molecule has 94 valence electrons. The van der Waals surface area contributed by atoms with E-state index in [-0.39, 0.29) is 10.9 Å². The molecule has 6 heteroatoms. The second kappa shape index (κ2) is 4.64. The largest absolute Gasteiger partial charge is 0.371 e. The van der Waals surface area contributed by atoms with Crippen molar-refractivity contribution < 1.29 is 8.42 Å². The van der Waals surface area contributed by atoms with Gasteiger partial charge in [0.15, 0.2) is 0 Å². The van der Waals surface area contributed by atoms with Crippen LogP contribution < -0.4 is 15.8 Å². The van der Waals surface area contributed by atoms with E-state index < -0.39 is 10.0 Å². The Balaban J connectivity index is 2.22. The zero-order valence-corrected chi connectivity index (χ0v) is 10.4. The Morgan fingerprint density at radius 1 is 1.24 bits per heavy atom. The van der Waals surface area contributed by atoms with E-state index in [1.54, 1.807) is 12.1 Å². The summed E-state index contributed by atoms with van der Waals surface area (Å²) in [4.78, 5) is 2.29. The maximum atomic E-state index is 11.3. The van der Waals surface area contributed by atoms with E-state index in [0.717, 1.165) is 31.6 Å². The van der Waals surface area contributed by atoms with Crippen molar-refractivity contribution in [3.63, 3.8) is 0 Å². The van der Waals surface area contributed by atoms with E-state index in [2.05, 4.69) is 4.90 Å². The van der Waals surface area contributed by atoms with Gasteiger partial charge in [0.2, 0.25) is 10.0 Å². The molecule has 0 aromatic heterocycles. The van der Waals surface area contributed by atoms with Crippen LogP contribution in [0.4, 0.5) is 5.69 Å². The van der Waals surface area contributed by atoms with Gasteiger partial charge in [-0.15, -0.1) is 0 Å². The number of hydrogen-bond acceptors (Lipinski definition) is 4. The van der Waals surface area contributed by atoms with Crippen molar-refractivity contribution in [2.45, 2.75) is 23.8 Å². The van der Waals surface area contributed by atoms with E-state index in [9.17, 15) is 8.42 Å². The lowest BCUT2D eigenvalue weighted by Gasteiger charge is -2.32. The zero-order valence-electron chi connectivity index (χ0n) is 9.54. The molecular weight excluding hydrogens is 238 g/mol. The summed E-state index contributed by atoms with van der Waals surface area (Å²) in [5, 5.41) is 5.11. The van der Waals surface area contributed by atoms with Gasteiger partial charge in [0.1, 0.15) is 0 Å². The number of nitrogens with two attached hydrogens (primary N) is 2. The highest BCUT2D eigenvalue weighted by atomic mass is 32.2. The van der Waals surface area contributed by atoms with E-state index in [0.29, 0.717) is 0 Å². The topological polar surface area (TPSA) is 89.4 Å². The fraction of sp³-hybridized carbons (Fsp3) is 0.455. The van der Waals surface area contributed by atoms with Crippen molar-refractivity contribution in [3.8, 4) is 0 Å². The Hall–Kier alpha value is -1.11. The number of rotatable bonds is 2. The van der Waals surface area contributed by atoms with Crippen LogP contribution in [0.3, 0.4) is 0 Å². The number of sulfonamides is 1. The fourth-order valence-electron chi connectivity index (χ4n) is 2.01. The van der Waals surface area contributed by atoms with E-state index in [1.165, 1.54) is 6.07 Å². The normalized spacial score (nSPS) is 18.4. The van der Waals surface area contributed by atoms with Gasteiger partial charge in [0.05, 0.1) is 4.90 Å². The highest BCUT2D eigenvalue weighted by molar-refractivity contribution is 7.89. The third-order valence-electron chi connectivity index (χ3n) is 3.05. The molecule has 5 nitrogen and oxygen atoms in total. The minimum absolute atomic E-state index is 0.157. The molecule has 1 aliphatic rings. The zero-order chi connectivity index (χ0) is 12.5. The monoisotopic (exact) mass is 255 g/mol. The quantitative estimate of drug-likeness (QED) is 0.793. The minimum atomic E-state index is -3.63. The van der Waals surface area contributed by atoms with Gasteiger partial charge in [-0.1, -0.05) is 6.07 Å². The van der Waals surface area contributed by atoms with Gasteiger partial charge < -0.3 is 10.6 Å². The molecular formula is C11H17N3O2S. The summed E-state index contributed by atoms with van der Waals surface area (Å²) in [5.41, 5.74) is 6.72. The van der Waals surface area contributed by atoms with Crippen LogP contribution in [0, 0.1) is 0 Å². The van der Waals surface area contributed by atoms with Crippen LogP contribution in [-0.4, -0.2) is 27.5 Å². The standard InChI is InChI=1S/C11H17N3O2S/c12-9-4-6-14(7-5-9)10-2-1-3-11(8-10)17(13,15)16/h1-3,8-9H,4-7,12H2,(H2,13,15,16). The summed E-state index contributed by atoms with van der Waals surface area (Å²) in [6.45, 7) is 1.71. The van der Waals surface area contributed by atoms with Crippen molar-refractivity contribution in [1.82, 2.24) is 0 Å². The van der Waals surface area contributed by atoms with Crippen LogP contribution in [0.5, 0.6) is 0 Å². The molecule has 17 heavy (non-hydrogen) atoms. The molecule has 0 saturated carbocycles. The van der Waals surface area contributed by atoms with Gasteiger partial charge in [-0.05, 0) is 31.0 Å². The molecule has 0 amide bonds. The van der Waals surface area contributed by atoms with Crippen molar-refractivity contribution in [2.24, 2.45) is 10.9 Å². The van der Waals surface area contributed by atoms with E-state index in [1.807, 2.05) is 6.07 Å². The predicted molar refractivity (Wildman–Crippen MR) is 67.2 cm³/mol. The Kier molecular flexibility index (Phi) is 3.37. The summed E-state index contributed by atoms with van der Waals surface area (Å²) in [5.74, 6) is 0. The molecule has 2 rings (SSSR count). The lowest BCUT2D eigenvalue weighted by Crippen LogP contribution is -2.39. The maximum absolute atomic E-state index is 11.3. The Morgan fingerprint density at radius 2 is 1.88 bits per heavy atom. The second-order valence-corrected chi connectivity index (χ2v) is 5.93. The number of anilines is 1. The molecule has 0 radical (unpaired) electrons. The van der Waals surface area contributed by atoms with E-state index in [4.69, 9.17) is 10.9 Å². The summed E-state index contributed by atoms with van der Waals surface area (Å²) >= 11 is 0. The lowest BCUT2D eigenvalue weighted by molar-refractivity contribution is 0.501. The van der Waals surface area contributed by atoms with Crippen LogP contribution in [0.2, 0.25) is 0 Å². The predicted octanol–water partition coefficient (Wildman–Crippen LogP) is 0.262. The first kappa shape index (κ1) is 12.3. The molecule has 0 spiro atoms. The molecule has 1 aromatic carbocycles. The summed E-state index contributed by atoms with van der Waals surface area (Å²) in [6, 6.07) is 6.99. The molecule has 0 atom stereocenters. The van der Waals surface area contributed by atoms with Gasteiger partial charge in [-0.2, -0.15) is 0 Å². The number of hydrogen-bond donors (Lipinski definition) is 2. The van der Waals surface area contributed by atoms with Crippen LogP contribution >= 0.6 is 0 Å². The SMILES string of the molecule is NC1CCN(c2cccc(S(N)(=O)=O)c2)CC1. The average molecular weight is 255 g/mol. The van der Waals surface area contributed by atoms with Crippen LogP contribution in [0.25, 0.3) is 0 Å².